The summed E-state index contributed by atoms with van der Waals surface area (Å²) in [5, 5.41) is 3.85. The Hall–Kier alpha value is -1.62. The number of hydrogen-bond donors (Lipinski definition) is 3. The summed E-state index contributed by atoms with van der Waals surface area (Å²) in [5.41, 5.74) is 7.89. The van der Waals surface area contributed by atoms with Crippen molar-refractivity contribution in [1.29, 1.82) is 0 Å². The Labute approximate surface area is 110 Å². The maximum absolute atomic E-state index is 11.9. The molecule has 0 radical (unpaired) electrons. The number of carbonyl (C=O) groups is 1. The van der Waals surface area contributed by atoms with Crippen LogP contribution >= 0.6 is 11.8 Å². The third kappa shape index (κ3) is 2.79. The molecule has 0 saturated heterocycles. The number of fused-ring (bicyclic) bond motifs is 1. The van der Waals surface area contributed by atoms with Gasteiger partial charge in [0.25, 0.3) is 5.91 Å². The number of hydrogen-bond acceptors (Lipinski definition) is 3. The number of H-pyrrole nitrogens is 1. The highest BCUT2D eigenvalue weighted by Gasteiger charge is 2.09. The molecule has 2 rings (SSSR count). The van der Waals surface area contributed by atoms with Crippen LogP contribution in [0, 0.1) is 0 Å². The van der Waals surface area contributed by atoms with Gasteiger partial charge in [-0.25, -0.2) is 0 Å². The number of para-hydroxylation sites is 1. The highest BCUT2D eigenvalue weighted by molar-refractivity contribution is 7.98. The molecule has 0 fully saturated rings. The van der Waals surface area contributed by atoms with Crippen molar-refractivity contribution in [2.45, 2.75) is 6.42 Å². The highest BCUT2D eigenvalue weighted by Crippen LogP contribution is 2.20. The molecule has 0 saturated carbocycles. The minimum atomic E-state index is -0.0771. The van der Waals surface area contributed by atoms with Crippen LogP contribution in [0.3, 0.4) is 0 Å². The summed E-state index contributed by atoms with van der Waals surface area (Å²) in [5.74, 6) is 0.978. The summed E-state index contributed by atoms with van der Waals surface area (Å²) < 4.78 is 0. The molecular weight excluding hydrogens is 246 g/mol. The Kier molecular flexibility index (Phi) is 4.15. The second-order valence-corrected chi connectivity index (χ2v) is 5.08. The van der Waals surface area contributed by atoms with Crippen molar-refractivity contribution >= 4 is 34.3 Å². The average molecular weight is 263 g/mol. The average Bonchev–Trinajstić information content (AvgIpc) is 2.80. The van der Waals surface area contributed by atoms with Crippen LogP contribution in [0.15, 0.2) is 24.3 Å². The Morgan fingerprint density at radius 3 is 3.06 bits per heavy atom. The number of nitrogen functional groups attached to an aromatic ring is 1. The van der Waals surface area contributed by atoms with Crippen LogP contribution in [0.2, 0.25) is 0 Å². The number of carbonyl (C=O) groups excluding carboxylic acids is 1. The van der Waals surface area contributed by atoms with E-state index in [9.17, 15) is 4.79 Å². The van der Waals surface area contributed by atoms with E-state index >= 15 is 0 Å². The van der Waals surface area contributed by atoms with Crippen LogP contribution < -0.4 is 11.1 Å². The van der Waals surface area contributed by atoms with Gasteiger partial charge in [-0.3, -0.25) is 4.79 Å². The maximum atomic E-state index is 11.9. The summed E-state index contributed by atoms with van der Waals surface area (Å²) in [6, 6.07) is 7.47. The molecule has 18 heavy (non-hydrogen) atoms. The van der Waals surface area contributed by atoms with Crippen molar-refractivity contribution in [3.63, 3.8) is 0 Å². The predicted octanol–water partition coefficient (Wildman–Crippen LogP) is 2.23. The van der Waals surface area contributed by atoms with Crippen LogP contribution in [-0.4, -0.2) is 29.4 Å². The number of aromatic amines is 1. The minimum absolute atomic E-state index is 0.0771. The van der Waals surface area contributed by atoms with E-state index in [0.29, 0.717) is 17.9 Å². The first-order chi connectivity index (χ1) is 8.72. The number of rotatable bonds is 5. The molecule has 0 atom stereocenters. The fraction of sp³-hybridized carbons (Fsp3) is 0.308. The van der Waals surface area contributed by atoms with Gasteiger partial charge in [-0.2, -0.15) is 11.8 Å². The molecule has 0 bridgehead atoms. The number of aromatic nitrogens is 1. The van der Waals surface area contributed by atoms with E-state index in [4.69, 9.17) is 5.73 Å². The maximum Gasteiger partial charge on any atom is 0.267 e. The van der Waals surface area contributed by atoms with Gasteiger partial charge >= 0.3 is 0 Å². The van der Waals surface area contributed by atoms with Gasteiger partial charge in [0.15, 0.2) is 0 Å². The summed E-state index contributed by atoms with van der Waals surface area (Å²) in [7, 11) is 0. The summed E-state index contributed by atoms with van der Waals surface area (Å²) in [6.45, 7) is 0.699. The zero-order valence-electron chi connectivity index (χ0n) is 10.3. The molecule has 0 aliphatic rings. The topological polar surface area (TPSA) is 70.9 Å². The molecule has 4 N–H and O–H groups in total. The molecule has 1 heterocycles. The van der Waals surface area contributed by atoms with Gasteiger partial charge in [-0.05, 0) is 30.6 Å². The largest absolute Gasteiger partial charge is 0.397 e. The molecule has 1 aromatic heterocycles. The van der Waals surface area contributed by atoms with E-state index in [1.807, 2.05) is 24.3 Å². The lowest BCUT2D eigenvalue weighted by Crippen LogP contribution is -2.25. The minimum Gasteiger partial charge on any atom is -0.397 e. The SMILES string of the molecule is CSCCCNC(=O)c1cc2cccc(N)c2[nH]1. The summed E-state index contributed by atoms with van der Waals surface area (Å²) in [4.78, 5) is 15.0. The van der Waals surface area contributed by atoms with Crippen LogP contribution in [0.25, 0.3) is 10.9 Å². The second-order valence-electron chi connectivity index (χ2n) is 4.10. The molecule has 4 nitrogen and oxygen atoms in total. The number of amides is 1. The van der Waals surface area contributed by atoms with Crippen LogP contribution in [0.1, 0.15) is 16.9 Å². The smallest absolute Gasteiger partial charge is 0.267 e. The summed E-state index contributed by atoms with van der Waals surface area (Å²) >= 11 is 1.78. The van der Waals surface area contributed by atoms with E-state index in [2.05, 4.69) is 16.6 Å². The van der Waals surface area contributed by atoms with Gasteiger partial charge in [-0.15, -0.1) is 0 Å². The second kappa shape index (κ2) is 5.82. The van der Waals surface area contributed by atoms with Crippen molar-refractivity contribution in [1.82, 2.24) is 10.3 Å². The molecule has 0 aliphatic heterocycles. The first-order valence-corrected chi connectivity index (χ1v) is 7.26. The molecule has 0 unspecified atom stereocenters. The Morgan fingerprint density at radius 2 is 2.33 bits per heavy atom. The van der Waals surface area contributed by atoms with Gasteiger partial charge in [0.05, 0.1) is 11.2 Å². The van der Waals surface area contributed by atoms with E-state index in [1.165, 1.54) is 0 Å². The van der Waals surface area contributed by atoms with Crippen molar-refractivity contribution < 1.29 is 4.79 Å². The lowest BCUT2D eigenvalue weighted by molar-refractivity contribution is 0.0949. The van der Waals surface area contributed by atoms with E-state index in [-0.39, 0.29) is 5.91 Å². The third-order valence-electron chi connectivity index (χ3n) is 2.74. The van der Waals surface area contributed by atoms with Gasteiger partial charge < -0.3 is 16.0 Å². The quantitative estimate of drug-likeness (QED) is 0.572. The molecule has 5 heteroatoms. The number of benzene rings is 1. The molecule has 1 aromatic carbocycles. The number of nitrogens with one attached hydrogen (secondary N) is 2. The van der Waals surface area contributed by atoms with Crippen LogP contribution in [0.4, 0.5) is 5.69 Å². The highest BCUT2D eigenvalue weighted by atomic mass is 32.2. The molecule has 2 aromatic rings. The summed E-state index contributed by atoms with van der Waals surface area (Å²) in [6.07, 6.45) is 3.04. The molecule has 0 aliphatic carbocycles. The van der Waals surface area contributed by atoms with Crippen molar-refractivity contribution in [2.75, 3.05) is 24.3 Å². The van der Waals surface area contributed by atoms with Crippen molar-refractivity contribution in [3.8, 4) is 0 Å². The normalized spacial score (nSPS) is 10.7. The predicted molar refractivity (Wildman–Crippen MR) is 78.0 cm³/mol. The first-order valence-electron chi connectivity index (χ1n) is 5.86. The van der Waals surface area contributed by atoms with Gasteiger partial charge in [0, 0.05) is 11.9 Å². The van der Waals surface area contributed by atoms with E-state index < -0.39 is 0 Å². The molecule has 96 valence electrons. The zero-order chi connectivity index (χ0) is 13.0. The Balaban J connectivity index is 2.06. The van der Waals surface area contributed by atoms with Crippen molar-refractivity contribution in [3.05, 3.63) is 30.0 Å². The van der Waals surface area contributed by atoms with E-state index in [0.717, 1.165) is 23.1 Å². The third-order valence-corrected chi connectivity index (χ3v) is 3.44. The molecular formula is C13H17N3OS. The first kappa shape index (κ1) is 12.8. The molecule has 1 amide bonds. The molecule has 0 spiro atoms. The zero-order valence-corrected chi connectivity index (χ0v) is 11.1. The fourth-order valence-corrected chi connectivity index (χ4v) is 2.25. The number of thioether (sulfide) groups is 1. The number of nitrogens with two attached hydrogens (primary N) is 1. The van der Waals surface area contributed by atoms with Gasteiger partial charge in [-0.1, -0.05) is 12.1 Å². The Bertz CT molecular complexity index is 550. The van der Waals surface area contributed by atoms with Crippen molar-refractivity contribution in [2.24, 2.45) is 0 Å². The lowest BCUT2D eigenvalue weighted by Gasteiger charge is -2.02. The monoisotopic (exact) mass is 263 g/mol. The van der Waals surface area contributed by atoms with Gasteiger partial charge in [0.1, 0.15) is 5.69 Å². The fourth-order valence-electron chi connectivity index (χ4n) is 1.82. The standard InChI is InChI=1S/C13H17N3OS/c1-18-7-3-6-15-13(17)11-8-9-4-2-5-10(14)12(9)16-11/h2,4-5,8,16H,3,6-7,14H2,1H3,(H,15,17). The number of anilines is 1. The van der Waals surface area contributed by atoms with Gasteiger partial charge in [0.2, 0.25) is 0 Å². The lowest BCUT2D eigenvalue weighted by atomic mass is 10.2. The Morgan fingerprint density at radius 1 is 1.50 bits per heavy atom. The van der Waals surface area contributed by atoms with Crippen LogP contribution in [0.5, 0.6) is 0 Å². The van der Waals surface area contributed by atoms with Crippen LogP contribution in [-0.2, 0) is 0 Å². The van der Waals surface area contributed by atoms with E-state index in [1.54, 1.807) is 11.8 Å².